The number of azo groups is 1. The van der Waals surface area contributed by atoms with Crippen LogP contribution < -0.4 is 16.0 Å². The monoisotopic (exact) mass is 512 g/mol. The predicted molar refractivity (Wildman–Crippen MR) is 138 cm³/mol. The number of rotatable bonds is 14. The van der Waals surface area contributed by atoms with Gasteiger partial charge in [0.05, 0.1) is 35.9 Å². The lowest BCUT2D eigenvalue weighted by Gasteiger charge is -2.24. The molecular weight excluding hydrogens is 484 g/mol. The number of thiophene rings is 1. The Morgan fingerprint density at radius 2 is 2.08 bits per heavy atom. The van der Waals surface area contributed by atoms with Crippen LogP contribution in [0, 0.1) is 11.3 Å². The number of anilines is 3. The van der Waals surface area contributed by atoms with Crippen LogP contribution in [0.15, 0.2) is 46.6 Å². The molecule has 0 aliphatic carbocycles. The van der Waals surface area contributed by atoms with E-state index in [0.717, 1.165) is 17.0 Å². The largest absolute Gasteiger partial charge is 0.467 e. The van der Waals surface area contributed by atoms with Gasteiger partial charge in [0, 0.05) is 24.4 Å². The number of hydrogen-bond acceptors (Lipinski definition) is 11. The topological polar surface area (TPSA) is 159 Å². The van der Waals surface area contributed by atoms with E-state index in [2.05, 4.69) is 31.8 Å². The molecular formula is C24H28N6O5S. The number of carbonyl (C=O) groups is 3. The van der Waals surface area contributed by atoms with Crippen molar-refractivity contribution in [1.82, 2.24) is 0 Å². The summed E-state index contributed by atoms with van der Waals surface area (Å²) in [6.45, 7) is 8.86. The quantitative estimate of drug-likeness (QED) is 0.123. The number of nitrogens with one attached hydrogen (secondary N) is 1. The summed E-state index contributed by atoms with van der Waals surface area (Å²) in [5, 5.41) is 21.2. The van der Waals surface area contributed by atoms with Gasteiger partial charge in [-0.2, -0.15) is 5.26 Å². The van der Waals surface area contributed by atoms with Crippen molar-refractivity contribution in [1.29, 1.82) is 5.26 Å². The first kappa shape index (κ1) is 28.0. The molecule has 0 spiro atoms. The lowest BCUT2D eigenvalue weighted by atomic mass is 10.2. The second kappa shape index (κ2) is 14.2. The van der Waals surface area contributed by atoms with Gasteiger partial charge in [-0.15, -0.1) is 10.2 Å². The molecule has 0 saturated heterocycles. The van der Waals surface area contributed by atoms with Crippen LogP contribution in [0.2, 0.25) is 0 Å². The summed E-state index contributed by atoms with van der Waals surface area (Å²) in [7, 11) is 0. The third-order valence-corrected chi connectivity index (χ3v) is 5.62. The van der Waals surface area contributed by atoms with Gasteiger partial charge in [-0.25, -0.2) is 4.79 Å². The Kier molecular flexibility index (Phi) is 11.1. The predicted octanol–water partition coefficient (Wildman–Crippen LogP) is 4.45. The first-order chi connectivity index (χ1) is 17.3. The van der Waals surface area contributed by atoms with Crippen molar-refractivity contribution >= 4 is 56.7 Å². The number of nitrogen functional groups attached to an aromatic ring is 1. The van der Waals surface area contributed by atoms with Crippen LogP contribution >= 0.6 is 11.3 Å². The van der Waals surface area contributed by atoms with Crippen molar-refractivity contribution in [3.8, 4) is 6.07 Å². The Hall–Kier alpha value is -4.24. The zero-order valence-electron chi connectivity index (χ0n) is 20.2. The molecule has 11 nitrogen and oxygen atoms in total. The number of amides is 1. The number of benzene rings is 1. The van der Waals surface area contributed by atoms with Gasteiger partial charge in [0.1, 0.15) is 11.8 Å². The summed E-state index contributed by atoms with van der Waals surface area (Å²) in [6.07, 6.45) is 0.556. The molecule has 12 heteroatoms. The molecule has 190 valence electrons. The molecule has 1 aromatic heterocycles. The van der Waals surface area contributed by atoms with Crippen LogP contribution in [-0.2, 0) is 23.9 Å². The summed E-state index contributed by atoms with van der Waals surface area (Å²) in [5.41, 5.74) is 7.98. The standard InChI is InChI=1S/C24H28N6O5S/c1-4-30(9-5-10-35-24(33)16(2)3)18-6-7-19(20(13-18)27-22(32)8-11-34-15-31)28-29-23-17(14-25)12-21(26)36-23/h6-7,12-13,15H,2,4-5,8-11,26H2,1,3H3,(H,27,32)/b29-28+. The SMILES string of the molecule is C=C(C)C(=O)OCCCN(CC)c1ccc(/N=N/c2sc(N)cc2C#N)c(NC(=O)CCOC=O)c1. The molecule has 1 aromatic carbocycles. The maximum atomic E-state index is 12.4. The van der Waals surface area contributed by atoms with Crippen molar-refractivity contribution in [2.75, 3.05) is 42.3 Å². The number of nitrogens with two attached hydrogens (primary N) is 1. The van der Waals surface area contributed by atoms with Crippen molar-refractivity contribution in [3.63, 3.8) is 0 Å². The van der Waals surface area contributed by atoms with E-state index >= 15 is 0 Å². The van der Waals surface area contributed by atoms with E-state index in [-0.39, 0.29) is 32.0 Å². The molecule has 2 rings (SSSR count). The van der Waals surface area contributed by atoms with Gasteiger partial charge in [-0.1, -0.05) is 17.9 Å². The van der Waals surface area contributed by atoms with Crippen LogP contribution in [0.4, 0.5) is 27.1 Å². The smallest absolute Gasteiger partial charge is 0.333 e. The van der Waals surface area contributed by atoms with Gasteiger partial charge in [0.15, 0.2) is 5.00 Å². The zero-order chi connectivity index (χ0) is 26.5. The molecule has 36 heavy (non-hydrogen) atoms. The summed E-state index contributed by atoms with van der Waals surface area (Å²) < 4.78 is 9.75. The Bertz CT molecular complexity index is 1170. The minimum absolute atomic E-state index is 0.0365. The Morgan fingerprint density at radius 1 is 1.31 bits per heavy atom. The fourth-order valence-electron chi connectivity index (χ4n) is 2.99. The highest BCUT2D eigenvalue weighted by Crippen LogP contribution is 2.36. The van der Waals surface area contributed by atoms with E-state index in [1.54, 1.807) is 19.1 Å². The highest BCUT2D eigenvalue weighted by Gasteiger charge is 2.13. The Balaban J connectivity index is 2.24. The fourth-order valence-corrected chi connectivity index (χ4v) is 3.68. The molecule has 0 aliphatic heterocycles. The second-order valence-electron chi connectivity index (χ2n) is 7.50. The lowest BCUT2D eigenvalue weighted by Crippen LogP contribution is -2.25. The first-order valence-electron chi connectivity index (χ1n) is 11.1. The maximum absolute atomic E-state index is 12.4. The van der Waals surface area contributed by atoms with Gasteiger partial charge in [-0.3, -0.25) is 9.59 Å². The highest BCUT2D eigenvalue weighted by molar-refractivity contribution is 7.19. The van der Waals surface area contributed by atoms with Gasteiger partial charge in [-0.05, 0) is 44.5 Å². The third kappa shape index (κ3) is 8.52. The normalized spacial score (nSPS) is 10.5. The van der Waals surface area contributed by atoms with Crippen LogP contribution in [0.5, 0.6) is 0 Å². The average molecular weight is 513 g/mol. The fraction of sp³-hybridized carbons (Fsp3) is 0.333. The van der Waals surface area contributed by atoms with Crippen LogP contribution in [0.1, 0.15) is 32.3 Å². The van der Waals surface area contributed by atoms with E-state index in [0.29, 0.717) is 52.0 Å². The summed E-state index contributed by atoms with van der Waals surface area (Å²) >= 11 is 1.13. The molecule has 0 aliphatic rings. The summed E-state index contributed by atoms with van der Waals surface area (Å²) in [6, 6.07) is 8.82. The van der Waals surface area contributed by atoms with Crippen LogP contribution in [-0.4, -0.2) is 44.7 Å². The molecule has 1 amide bonds. The van der Waals surface area contributed by atoms with E-state index < -0.39 is 5.97 Å². The maximum Gasteiger partial charge on any atom is 0.333 e. The Morgan fingerprint density at radius 3 is 2.75 bits per heavy atom. The van der Waals surface area contributed by atoms with Crippen LogP contribution in [0.25, 0.3) is 0 Å². The number of esters is 1. The second-order valence-corrected chi connectivity index (χ2v) is 8.56. The molecule has 0 saturated carbocycles. The Labute approximate surface area is 213 Å². The van der Waals surface area contributed by atoms with Crippen molar-refractivity contribution in [3.05, 3.63) is 42.0 Å². The van der Waals surface area contributed by atoms with Crippen LogP contribution in [0.3, 0.4) is 0 Å². The van der Waals surface area contributed by atoms with Gasteiger partial charge in [0.25, 0.3) is 6.47 Å². The average Bonchev–Trinajstić information content (AvgIpc) is 3.22. The third-order valence-electron chi connectivity index (χ3n) is 4.77. The summed E-state index contributed by atoms with van der Waals surface area (Å²) in [4.78, 5) is 36.4. The molecule has 0 bridgehead atoms. The van der Waals surface area contributed by atoms with Crippen molar-refractivity contribution in [2.45, 2.75) is 26.7 Å². The van der Waals surface area contributed by atoms with E-state index in [4.69, 9.17) is 10.5 Å². The van der Waals surface area contributed by atoms with Gasteiger partial charge < -0.3 is 25.4 Å². The molecule has 0 atom stereocenters. The minimum atomic E-state index is -0.427. The molecule has 0 fully saturated rings. The van der Waals surface area contributed by atoms with E-state index in [1.807, 2.05) is 19.1 Å². The number of nitriles is 1. The molecule has 0 unspecified atom stereocenters. The highest BCUT2D eigenvalue weighted by atomic mass is 32.1. The molecule has 0 radical (unpaired) electrons. The molecule has 2 aromatic rings. The zero-order valence-corrected chi connectivity index (χ0v) is 21.0. The summed E-state index contributed by atoms with van der Waals surface area (Å²) in [5.74, 6) is -0.804. The van der Waals surface area contributed by atoms with Crippen molar-refractivity contribution in [2.24, 2.45) is 10.2 Å². The molecule has 1 heterocycles. The number of carbonyl (C=O) groups excluding carboxylic acids is 3. The van der Waals surface area contributed by atoms with Gasteiger partial charge >= 0.3 is 5.97 Å². The number of nitrogens with zero attached hydrogens (tertiary/aromatic N) is 4. The number of hydrogen-bond donors (Lipinski definition) is 2. The lowest BCUT2D eigenvalue weighted by molar-refractivity contribution is -0.139. The minimum Gasteiger partial charge on any atom is -0.467 e. The van der Waals surface area contributed by atoms with E-state index in [1.165, 1.54) is 6.07 Å². The first-order valence-corrected chi connectivity index (χ1v) is 11.9. The number of ether oxygens (including phenoxy) is 2. The van der Waals surface area contributed by atoms with Gasteiger partial charge in [0.2, 0.25) is 5.91 Å². The molecule has 3 N–H and O–H groups in total. The van der Waals surface area contributed by atoms with Crippen molar-refractivity contribution < 1.29 is 23.9 Å². The van der Waals surface area contributed by atoms with E-state index in [9.17, 15) is 19.6 Å².